The van der Waals surface area contributed by atoms with Crippen LogP contribution in [0.5, 0.6) is 0 Å². The minimum atomic E-state index is -0.240. The van der Waals surface area contributed by atoms with Crippen LogP contribution in [0.15, 0.2) is 27.6 Å². The summed E-state index contributed by atoms with van der Waals surface area (Å²) in [5.41, 5.74) is 1.47. The lowest BCUT2D eigenvalue weighted by Gasteiger charge is -2.18. The zero-order valence-corrected chi connectivity index (χ0v) is 13.9. The highest BCUT2D eigenvalue weighted by Gasteiger charge is 2.24. The molecule has 3 rings (SSSR count). The molecule has 0 aliphatic carbocycles. The molecule has 2 aromatic rings. The Morgan fingerprint density at radius 1 is 1.46 bits per heavy atom. The highest BCUT2D eigenvalue weighted by molar-refractivity contribution is 5.91. The number of aromatic nitrogens is 3. The van der Waals surface area contributed by atoms with E-state index in [1.54, 1.807) is 25.4 Å². The predicted molar refractivity (Wildman–Crippen MR) is 88.0 cm³/mol. The summed E-state index contributed by atoms with van der Waals surface area (Å²) in [5.74, 6) is 0.333. The van der Waals surface area contributed by atoms with Gasteiger partial charge in [-0.15, -0.1) is 0 Å². The predicted octanol–water partition coefficient (Wildman–Crippen LogP) is 0.587. The lowest BCUT2D eigenvalue weighted by Crippen LogP contribution is -2.31. The summed E-state index contributed by atoms with van der Waals surface area (Å²) in [5, 5.41) is 10.8. The van der Waals surface area contributed by atoms with Crippen LogP contribution in [0.3, 0.4) is 0 Å². The van der Waals surface area contributed by atoms with Crippen LogP contribution < -0.4 is 15.8 Å². The SMILES string of the molecule is CCc1cc(C(=O)NCC2CCN(c3cnn(C)c(=O)c3)C2)on1. The largest absolute Gasteiger partial charge is 0.370 e. The van der Waals surface area contributed by atoms with E-state index in [0.29, 0.717) is 12.5 Å². The molecule has 8 heteroatoms. The van der Waals surface area contributed by atoms with Gasteiger partial charge in [-0.05, 0) is 18.8 Å². The van der Waals surface area contributed by atoms with Crippen LogP contribution in [0.25, 0.3) is 0 Å². The molecular formula is C16H21N5O3. The van der Waals surface area contributed by atoms with E-state index in [-0.39, 0.29) is 17.2 Å². The molecule has 1 atom stereocenters. The lowest BCUT2D eigenvalue weighted by atomic mass is 10.1. The van der Waals surface area contributed by atoms with Gasteiger partial charge in [0.2, 0.25) is 5.76 Å². The molecule has 0 aromatic carbocycles. The van der Waals surface area contributed by atoms with Gasteiger partial charge in [-0.3, -0.25) is 9.59 Å². The van der Waals surface area contributed by atoms with Gasteiger partial charge in [0.05, 0.1) is 17.6 Å². The highest BCUT2D eigenvalue weighted by Crippen LogP contribution is 2.21. The van der Waals surface area contributed by atoms with Gasteiger partial charge in [0.15, 0.2) is 0 Å². The fourth-order valence-corrected chi connectivity index (χ4v) is 2.78. The lowest BCUT2D eigenvalue weighted by molar-refractivity contribution is 0.0911. The number of amides is 1. The van der Waals surface area contributed by atoms with Crippen LogP contribution in [0.4, 0.5) is 5.69 Å². The molecule has 0 radical (unpaired) electrons. The molecule has 1 aliphatic heterocycles. The molecule has 0 bridgehead atoms. The maximum Gasteiger partial charge on any atom is 0.289 e. The molecule has 0 spiro atoms. The Bertz CT molecular complexity index is 782. The Labute approximate surface area is 139 Å². The van der Waals surface area contributed by atoms with Crippen LogP contribution >= 0.6 is 0 Å². The molecule has 2 aromatic heterocycles. The van der Waals surface area contributed by atoms with Crippen molar-refractivity contribution in [3.05, 3.63) is 40.1 Å². The smallest absolute Gasteiger partial charge is 0.289 e. The van der Waals surface area contributed by atoms with Crippen LogP contribution in [0.2, 0.25) is 0 Å². The van der Waals surface area contributed by atoms with Crippen molar-refractivity contribution in [3.63, 3.8) is 0 Å². The summed E-state index contributed by atoms with van der Waals surface area (Å²) in [6.07, 6.45) is 3.38. The monoisotopic (exact) mass is 331 g/mol. The molecule has 0 saturated carbocycles. The van der Waals surface area contributed by atoms with Crippen molar-refractivity contribution in [1.29, 1.82) is 0 Å². The number of nitrogens with one attached hydrogen (secondary N) is 1. The van der Waals surface area contributed by atoms with Gasteiger partial charge in [0, 0.05) is 38.8 Å². The number of hydrogen-bond donors (Lipinski definition) is 1. The van der Waals surface area contributed by atoms with E-state index in [2.05, 4.69) is 20.5 Å². The molecule has 3 heterocycles. The van der Waals surface area contributed by atoms with Gasteiger partial charge in [-0.1, -0.05) is 12.1 Å². The number of rotatable bonds is 5. The summed E-state index contributed by atoms with van der Waals surface area (Å²) in [6.45, 7) is 4.15. The van der Waals surface area contributed by atoms with E-state index < -0.39 is 0 Å². The van der Waals surface area contributed by atoms with Crippen LogP contribution in [0.1, 0.15) is 29.6 Å². The first kappa shape index (κ1) is 16.2. The van der Waals surface area contributed by atoms with Gasteiger partial charge in [0.1, 0.15) is 0 Å². The van der Waals surface area contributed by atoms with Crippen LogP contribution in [0, 0.1) is 5.92 Å². The number of nitrogens with zero attached hydrogens (tertiary/aromatic N) is 4. The van der Waals surface area contributed by atoms with E-state index in [1.807, 2.05) is 6.92 Å². The molecule has 128 valence electrons. The average Bonchev–Trinajstić information content (AvgIpc) is 3.24. The second-order valence-corrected chi connectivity index (χ2v) is 6.02. The van der Waals surface area contributed by atoms with E-state index in [4.69, 9.17) is 4.52 Å². The molecule has 1 amide bonds. The number of carbonyl (C=O) groups excluding carboxylic acids is 1. The highest BCUT2D eigenvalue weighted by atomic mass is 16.5. The first-order valence-corrected chi connectivity index (χ1v) is 8.09. The second-order valence-electron chi connectivity index (χ2n) is 6.02. The van der Waals surface area contributed by atoms with Gasteiger partial charge in [-0.2, -0.15) is 5.10 Å². The molecule has 1 unspecified atom stereocenters. The Morgan fingerprint density at radius 3 is 3.00 bits per heavy atom. The Hall–Kier alpha value is -2.64. The molecule has 24 heavy (non-hydrogen) atoms. The van der Waals surface area contributed by atoms with Gasteiger partial charge >= 0.3 is 0 Å². The zero-order valence-electron chi connectivity index (χ0n) is 13.9. The van der Waals surface area contributed by atoms with E-state index in [0.717, 1.165) is 37.3 Å². The van der Waals surface area contributed by atoms with Crippen molar-refractivity contribution in [3.8, 4) is 0 Å². The van der Waals surface area contributed by atoms with Crippen molar-refractivity contribution in [2.75, 3.05) is 24.5 Å². The third-order valence-electron chi connectivity index (χ3n) is 4.30. The van der Waals surface area contributed by atoms with Crippen LogP contribution in [-0.2, 0) is 13.5 Å². The second kappa shape index (κ2) is 6.86. The molecule has 1 N–H and O–H groups in total. The van der Waals surface area contributed by atoms with Crippen molar-refractivity contribution in [2.45, 2.75) is 19.8 Å². The minimum Gasteiger partial charge on any atom is -0.370 e. The van der Waals surface area contributed by atoms with E-state index >= 15 is 0 Å². The Balaban J connectivity index is 1.53. The summed E-state index contributed by atoms with van der Waals surface area (Å²) < 4.78 is 6.33. The van der Waals surface area contributed by atoms with Crippen molar-refractivity contribution < 1.29 is 9.32 Å². The quantitative estimate of drug-likeness (QED) is 0.862. The third-order valence-corrected chi connectivity index (χ3v) is 4.30. The number of aryl methyl sites for hydroxylation is 2. The fourth-order valence-electron chi connectivity index (χ4n) is 2.78. The summed E-state index contributed by atoms with van der Waals surface area (Å²) in [6, 6.07) is 3.26. The van der Waals surface area contributed by atoms with Gasteiger partial charge in [-0.25, -0.2) is 4.68 Å². The topological polar surface area (TPSA) is 93.3 Å². The van der Waals surface area contributed by atoms with Crippen LogP contribution in [-0.4, -0.2) is 40.5 Å². The average molecular weight is 331 g/mol. The zero-order chi connectivity index (χ0) is 17.1. The molecular weight excluding hydrogens is 310 g/mol. The molecule has 1 saturated heterocycles. The normalized spacial score (nSPS) is 17.2. The minimum absolute atomic E-state index is 0.124. The number of anilines is 1. The van der Waals surface area contributed by atoms with Gasteiger partial charge < -0.3 is 14.7 Å². The summed E-state index contributed by atoms with van der Waals surface area (Å²) in [7, 11) is 1.63. The van der Waals surface area contributed by atoms with Crippen molar-refractivity contribution >= 4 is 11.6 Å². The number of hydrogen-bond acceptors (Lipinski definition) is 6. The first-order chi connectivity index (χ1) is 11.6. The summed E-state index contributed by atoms with van der Waals surface area (Å²) in [4.78, 5) is 25.8. The first-order valence-electron chi connectivity index (χ1n) is 8.09. The van der Waals surface area contributed by atoms with Gasteiger partial charge in [0.25, 0.3) is 11.5 Å². The third kappa shape index (κ3) is 3.47. The Morgan fingerprint density at radius 2 is 2.29 bits per heavy atom. The Kier molecular flexibility index (Phi) is 4.64. The van der Waals surface area contributed by atoms with Crippen molar-refractivity contribution in [2.24, 2.45) is 13.0 Å². The molecule has 8 nitrogen and oxygen atoms in total. The summed E-state index contributed by atoms with van der Waals surface area (Å²) >= 11 is 0. The molecule has 1 aliphatic rings. The molecule has 1 fully saturated rings. The maximum absolute atomic E-state index is 12.1. The number of carbonyl (C=O) groups is 1. The van der Waals surface area contributed by atoms with E-state index in [1.165, 1.54) is 4.68 Å². The fraction of sp³-hybridized carbons (Fsp3) is 0.500. The van der Waals surface area contributed by atoms with Crippen molar-refractivity contribution in [1.82, 2.24) is 20.3 Å². The maximum atomic E-state index is 12.1. The standard InChI is InChI=1S/C16H21N5O3/c1-3-12-6-14(24-19-12)16(23)17-8-11-4-5-21(10-11)13-7-15(22)20(2)18-9-13/h6-7,9,11H,3-5,8,10H2,1-2H3,(H,17,23). The van der Waals surface area contributed by atoms with E-state index in [9.17, 15) is 9.59 Å².